The van der Waals surface area contributed by atoms with Crippen LogP contribution in [0, 0.1) is 5.92 Å². The topological polar surface area (TPSA) is 167 Å². The van der Waals surface area contributed by atoms with Gasteiger partial charge < -0.3 is 31.9 Å². The molecule has 8 heteroatoms. The van der Waals surface area contributed by atoms with E-state index in [9.17, 15) is 14.7 Å². The highest BCUT2D eigenvalue weighted by molar-refractivity contribution is 5.77. The highest BCUT2D eigenvalue weighted by Crippen LogP contribution is 2.19. The maximum atomic E-state index is 10.9. The lowest BCUT2D eigenvalue weighted by Gasteiger charge is -2.26. The first-order chi connectivity index (χ1) is 7.16. The zero-order valence-corrected chi connectivity index (χ0v) is 8.54. The Hall–Kier alpha value is -1.22. The van der Waals surface area contributed by atoms with E-state index in [0.29, 0.717) is 0 Å². The quantitative estimate of drug-likeness (QED) is 0.253. The molecular weight excluding hydrogens is 220 g/mol. The average molecular weight is 236 g/mol. The van der Waals surface area contributed by atoms with E-state index in [0.717, 1.165) is 0 Å². The lowest BCUT2D eigenvalue weighted by Crippen LogP contribution is -2.50. The van der Waals surface area contributed by atoms with E-state index in [1.807, 2.05) is 0 Å². The second-order valence-corrected chi connectivity index (χ2v) is 3.50. The fourth-order valence-electron chi connectivity index (χ4n) is 1.22. The Bertz CT molecular complexity index is 262. The normalized spacial score (nSPS) is 15.5. The largest absolute Gasteiger partial charge is 0.384 e. The van der Waals surface area contributed by atoms with Gasteiger partial charge in [-0.25, -0.2) is 0 Å². The van der Waals surface area contributed by atoms with Gasteiger partial charge in [0.1, 0.15) is 6.10 Å². The zero-order chi connectivity index (χ0) is 12.9. The minimum Gasteiger partial charge on any atom is -0.384 e. The number of carbonyl (C=O) groups is 2. The van der Waals surface area contributed by atoms with Gasteiger partial charge >= 0.3 is 5.97 Å². The maximum Gasteiger partial charge on any atom is 0.303 e. The summed E-state index contributed by atoms with van der Waals surface area (Å²) in [6, 6.07) is 0. The van der Waals surface area contributed by atoms with Crippen LogP contribution in [0.25, 0.3) is 0 Å². The summed E-state index contributed by atoms with van der Waals surface area (Å²) in [6.45, 7) is 0. The molecule has 0 aromatic heterocycles. The zero-order valence-electron chi connectivity index (χ0n) is 8.54. The summed E-state index contributed by atoms with van der Waals surface area (Å²) in [5.41, 5.74) is 9.75. The van der Waals surface area contributed by atoms with E-state index >= 15 is 0 Å². The van der Waals surface area contributed by atoms with Crippen molar-refractivity contribution in [1.82, 2.24) is 0 Å². The van der Waals surface area contributed by atoms with E-state index in [1.54, 1.807) is 0 Å². The Morgan fingerprint density at radius 2 is 1.69 bits per heavy atom. The van der Waals surface area contributed by atoms with Gasteiger partial charge in [-0.05, 0) is 12.8 Å². The van der Waals surface area contributed by atoms with Gasteiger partial charge in [0.05, 0.1) is 5.92 Å². The van der Waals surface area contributed by atoms with Crippen LogP contribution in [0.3, 0.4) is 0 Å². The van der Waals surface area contributed by atoms with E-state index in [2.05, 4.69) is 0 Å². The molecule has 0 rings (SSSR count). The number of amides is 2. The predicted octanol–water partition coefficient (Wildman–Crippen LogP) is -3.26. The third-order valence-electron chi connectivity index (χ3n) is 2.08. The molecule has 0 bridgehead atoms. The SMILES string of the molecule is NC(=O)CCCC(C(N)=O)C(O)C(O)(O)O. The molecule has 0 aliphatic heterocycles. The number of hydrogen-bond acceptors (Lipinski definition) is 6. The van der Waals surface area contributed by atoms with Crippen LogP contribution in [-0.2, 0) is 9.59 Å². The van der Waals surface area contributed by atoms with Crippen molar-refractivity contribution in [2.24, 2.45) is 17.4 Å². The van der Waals surface area contributed by atoms with E-state index in [4.69, 9.17) is 26.8 Å². The van der Waals surface area contributed by atoms with Crippen LogP contribution in [0.15, 0.2) is 0 Å². The molecule has 2 amide bonds. The van der Waals surface area contributed by atoms with Gasteiger partial charge in [0.25, 0.3) is 0 Å². The molecule has 0 spiro atoms. The van der Waals surface area contributed by atoms with Crippen LogP contribution in [0.4, 0.5) is 0 Å². The molecule has 16 heavy (non-hydrogen) atoms. The second-order valence-electron chi connectivity index (χ2n) is 3.50. The number of primary amides is 2. The number of carbonyl (C=O) groups excluding carboxylic acids is 2. The molecule has 0 radical (unpaired) electrons. The van der Waals surface area contributed by atoms with E-state index in [1.165, 1.54) is 0 Å². The first kappa shape index (κ1) is 14.8. The molecule has 94 valence electrons. The fraction of sp³-hybridized carbons (Fsp3) is 0.750. The van der Waals surface area contributed by atoms with Crippen LogP contribution in [-0.4, -0.2) is 44.3 Å². The summed E-state index contributed by atoms with van der Waals surface area (Å²) in [5, 5.41) is 35.2. The first-order valence-corrected chi connectivity index (χ1v) is 4.59. The Morgan fingerprint density at radius 1 is 1.19 bits per heavy atom. The molecule has 0 saturated carbocycles. The fourth-order valence-corrected chi connectivity index (χ4v) is 1.22. The molecule has 0 saturated heterocycles. The summed E-state index contributed by atoms with van der Waals surface area (Å²) in [4.78, 5) is 21.3. The van der Waals surface area contributed by atoms with Crippen LogP contribution < -0.4 is 11.5 Å². The van der Waals surface area contributed by atoms with Gasteiger partial charge in [0, 0.05) is 6.42 Å². The third kappa shape index (κ3) is 5.03. The first-order valence-electron chi connectivity index (χ1n) is 4.59. The molecule has 0 fully saturated rings. The minimum absolute atomic E-state index is 0.0359. The summed E-state index contributed by atoms with van der Waals surface area (Å²) in [6.07, 6.45) is -2.14. The second kappa shape index (κ2) is 5.75. The van der Waals surface area contributed by atoms with Crippen molar-refractivity contribution in [2.75, 3.05) is 0 Å². The van der Waals surface area contributed by atoms with Crippen molar-refractivity contribution in [3.8, 4) is 0 Å². The van der Waals surface area contributed by atoms with Gasteiger partial charge in [0.2, 0.25) is 11.8 Å². The molecule has 8 nitrogen and oxygen atoms in total. The van der Waals surface area contributed by atoms with Crippen LogP contribution in [0.2, 0.25) is 0 Å². The highest BCUT2D eigenvalue weighted by atomic mass is 16.7. The Kier molecular flexibility index (Phi) is 5.31. The van der Waals surface area contributed by atoms with Gasteiger partial charge in [-0.2, -0.15) is 0 Å². The number of nitrogens with two attached hydrogens (primary N) is 2. The van der Waals surface area contributed by atoms with Gasteiger partial charge in [-0.3, -0.25) is 9.59 Å². The van der Waals surface area contributed by atoms with Crippen molar-refractivity contribution in [3.63, 3.8) is 0 Å². The molecular formula is C8H16N2O6. The summed E-state index contributed by atoms with van der Waals surface area (Å²) >= 11 is 0. The third-order valence-corrected chi connectivity index (χ3v) is 2.08. The lowest BCUT2D eigenvalue weighted by atomic mass is 9.93. The van der Waals surface area contributed by atoms with Crippen molar-refractivity contribution in [3.05, 3.63) is 0 Å². The molecule has 2 atom stereocenters. The summed E-state index contributed by atoms with van der Waals surface area (Å²) in [5.74, 6) is -6.40. The van der Waals surface area contributed by atoms with E-state index in [-0.39, 0.29) is 19.3 Å². The predicted molar refractivity (Wildman–Crippen MR) is 51.1 cm³/mol. The number of hydrogen-bond donors (Lipinski definition) is 6. The molecule has 0 aromatic carbocycles. The number of aliphatic hydroxyl groups excluding tert-OH is 1. The van der Waals surface area contributed by atoms with Gasteiger partial charge in [-0.15, -0.1) is 0 Å². The maximum absolute atomic E-state index is 10.9. The van der Waals surface area contributed by atoms with Gasteiger partial charge in [0.15, 0.2) is 0 Å². The molecule has 0 aromatic rings. The molecule has 8 N–H and O–H groups in total. The summed E-state index contributed by atoms with van der Waals surface area (Å²) in [7, 11) is 0. The van der Waals surface area contributed by atoms with Gasteiger partial charge in [-0.1, -0.05) is 0 Å². The minimum atomic E-state index is -3.41. The molecule has 0 aliphatic carbocycles. The van der Waals surface area contributed by atoms with Crippen LogP contribution in [0.5, 0.6) is 0 Å². The summed E-state index contributed by atoms with van der Waals surface area (Å²) < 4.78 is 0. The smallest absolute Gasteiger partial charge is 0.303 e. The number of aliphatic hydroxyl groups is 4. The highest BCUT2D eigenvalue weighted by Gasteiger charge is 2.39. The standard InChI is InChI=1S/C8H16N2O6/c9-5(11)3-1-2-4(7(10)13)6(12)8(14,15)16/h4,6,12,14-16H,1-3H2,(H2,9,11)(H2,10,13). The Balaban J connectivity index is 4.39. The van der Waals surface area contributed by atoms with Crippen LogP contribution >= 0.6 is 0 Å². The monoisotopic (exact) mass is 236 g/mol. The van der Waals surface area contributed by atoms with Crippen LogP contribution in [0.1, 0.15) is 19.3 Å². The van der Waals surface area contributed by atoms with Crippen molar-refractivity contribution >= 4 is 11.8 Å². The van der Waals surface area contributed by atoms with Crippen molar-refractivity contribution in [1.29, 1.82) is 0 Å². The Morgan fingerprint density at radius 3 is 2.00 bits per heavy atom. The van der Waals surface area contributed by atoms with E-state index < -0.39 is 29.8 Å². The molecule has 2 unspecified atom stereocenters. The molecule has 0 aliphatic rings. The Labute approximate surface area is 91.5 Å². The average Bonchev–Trinajstić information content (AvgIpc) is 2.08. The van der Waals surface area contributed by atoms with Crippen molar-refractivity contribution in [2.45, 2.75) is 31.3 Å². The molecule has 0 heterocycles. The number of rotatable bonds is 7. The lowest BCUT2D eigenvalue weighted by molar-refractivity contribution is -0.361. The van der Waals surface area contributed by atoms with Crippen molar-refractivity contribution < 1.29 is 30.0 Å².